The molecule has 0 aliphatic carbocycles. The minimum Gasteiger partial charge on any atom is -0.478 e. The molecule has 0 aliphatic rings. The van der Waals surface area contributed by atoms with E-state index >= 15 is 0 Å². The molecule has 0 spiro atoms. The van der Waals surface area contributed by atoms with Gasteiger partial charge < -0.3 is 5.11 Å². The summed E-state index contributed by atoms with van der Waals surface area (Å²) in [5.74, 6) is -1.12. The van der Waals surface area contributed by atoms with Crippen LogP contribution >= 0.6 is 0 Å². The van der Waals surface area contributed by atoms with E-state index in [1.165, 1.54) is 24.3 Å². The average Bonchev–Trinajstić information content (AvgIpc) is 2.12. The van der Waals surface area contributed by atoms with Crippen molar-refractivity contribution in [2.45, 2.75) is 20.8 Å². The van der Waals surface area contributed by atoms with Crippen LogP contribution < -0.4 is 4.72 Å². The summed E-state index contributed by atoms with van der Waals surface area (Å²) in [5.41, 5.74) is -0.0546. The highest BCUT2D eigenvalue weighted by molar-refractivity contribution is 7.92. The Morgan fingerprint density at radius 1 is 1.33 bits per heavy atom. The second kappa shape index (κ2) is 4.97. The van der Waals surface area contributed by atoms with E-state index in [4.69, 9.17) is 5.11 Å². The Morgan fingerprint density at radius 3 is 2.44 bits per heavy atom. The second-order valence-electron chi connectivity index (χ2n) is 5.31. The summed E-state index contributed by atoms with van der Waals surface area (Å²) in [6.07, 6.45) is 0. The molecule has 6 heteroatoms. The fraction of sp³-hybridized carbons (Fsp3) is 0.417. The molecule has 0 unspecified atom stereocenters. The maximum Gasteiger partial charge on any atom is 0.335 e. The molecule has 100 valence electrons. The van der Waals surface area contributed by atoms with Gasteiger partial charge in [0.25, 0.3) is 0 Å². The normalized spacial score (nSPS) is 12.2. The summed E-state index contributed by atoms with van der Waals surface area (Å²) < 4.78 is 26.1. The first-order chi connectivity index (χ1) is 8.09. The number of sulfonamides is 1. The lowest BCUT2D eigenvalue weighted by Gasteiger charge is -2.18. The van der Waals surface area contributed by atoms with Gasteiger partial charge in [-0.3, -0.25) is 4.72 Å². The third-order valence-corrected chi connectivity index (χ3v) is 3.80. The highest BCUT2D eigenvalue weighted by atomic mass is 32.2. The molecular formula is C12H17NO4S. The number of hydrogen-bond donors (Lipinski definition) is 2. The minimum atomic E-state index is -3.48. The molecule has 18 heavy (non-hydrogen) atoms. The van der Waals surface area contributed by atoms with E-state index in [9.17, 15) is 13.2 Å². The van der Waals surface area contributed by atoms with Crippen LogP contribution in [-0.4, -0.2) is 25.2 Å². The van der Waals surface area contributed by atoms with Gasteiger partial charge >= 0.3 is 5.97 Å². The van der Waals surface area contributed by atoms with Crippen LogP contribution in [0.2, 0.25) is 0 Å². The Bertz CT molecular complexity index is 543. The van der Waals surface area contributed by atoms with Gasteiger partial charge in [0.05, 0.1) is 11.3 Å². The van der Waals surface area contributed by atoms with Crippen LogP contribution in [0.3, 0.4) is 0 Å². The molecule has 0 saturated carbocycles. The Balaban J connectivity index is 2.91. The predicted octanol–water partition coefficient (Wildman–Crippen LogP) is 2.17. The van der Waals surface area contributed by atoms with Crippen LogP contribution in [0.1, 0.15) is 31.1 Å². The monoisotopic (exact) mass is 271 g/mol. The summed E-state index contributed by atoms with van der Waals surface area (Å²) in [5, 5.41) is 8.82. The summed E-state index contributed by atoms with van der Waals surface area (Å²) in [4.78, 5) is 10.8. The number of rotatable bonds is 4. The molecule has 0 radical (unpaired) electrons. The number of anilines is 1. The molecule has 0 bridgehead atoms. The van der Waals surface area contributed by atoms with Crippen LogP contribution in [0, 0.1) is 5.41 Å². The number of carbonyl (C=O) groups is 1. The number of aromatic carboxylic acids is 1. The van der Waals surface area contributed by atoms with E-state index in [0.29, 0.717) is 0 Å². The van der Waals surface area contributed by atoms with Crippen LogP contribution in [0.5, 0.6) is 0 Å². The van der Waals surface area contributed by atoms with Gasteiger partial charge in [-0.2, -0.15) is 0 Å². The van der Waals surface area contributed by atoms with Gasteiger partial charge in [0, 0.05) is 5.69 Å². The fourth-order valence-electron chi connectivity index (χ4n) is 1.50. The Labute approximate surface area is 107 Å². The quantitative estimate of drug-likeness (QED) is 0.879. The van der Waals surface area contributed by atoms with Crippen molar-refractivity contribution in [2.75, 3.05) is 10.5 Å². The molecule has 0 aromatic heterocycles. The fourth-order valence-corrected chi connectivity index (χ4v) is 3.20. The van der Waals surface area contributed by atoms with Crippen molar-refractivity contribution in [3.8, 4) is 0 Å². The van der Waals surface area contributed by atoms with Gasteiger partial charge in [-0.15, -0.1) is 0 Å². The standard InChI is InChI=1S/C12H17NO4S/c1-12(2,3)8-18(16,17)13-10-6-4-5-9(7-10)11(14)15/h4-7,13H,8H2,1-3H3,(H,14,15). The molecule has 2 N–H and O–H groups in total. The summed E-state index contributed by atoms with van der Waals surface area (Å²) in [7, 11) is -3.48. The van der Waals surface area contributed by atoms with Crippen LogP contribution in [0.25, 0.3) is 0 Å². The van der Waals surface area contributed by atoms with Gasteiger partial charge in [0.15, 0.2) is 0 Å². The first-order valence-electron chi connectivity index (χ1n) is 5.43. The first-order valence-corrected chi connectivity index (χ1v) is 7.08. The molecule has 0 aliphatic heterocycles. The highest BCUT2D eigenvalue weighted by Gasteiger charge is 2.21. The number of carboxylic acid groups (broad SMARTS) is 1. The van der Waals surface area contributed by atoms with E-state index in [1.54, 1.807) is 0 Å². The van der Waals surface area contributed by atoms with Crippen LogP contribution in [-0.2, 0) is 10.0 Å². The first kappa shape index (κ1) is 14.5. The Morgan fingerprint density at radius 2 is 1.94 bits per heavy atom. The van der Waals surface area contributed by atoms with Crippen LogP contribution in [0.15, 0.2) is 24.3 Å². The molecule has 0 amide bonds. The van der Waals surface area contributed by atoms with Crippen molar-refractivity contribution in [1.82, 2.24) is 0 Å². The van der Waals surface area contributed by atoms with E-state index in [-0.39, 0.29) is 22.4 Å². The lowest BCUT2D eigenvalue weighted by Crippen LogP contribution is -2.26. The third-order valence-electron chi connectivity index (χ3n) is 2.01. The molecule has 1 aromatic rings. The van der Waals surface area contributed by atoms with Crippen molar-refractivity contribution in [1.29, 1.82) is 0 Å². The highest BCUT2D eigenvalue weighted by Crippen LogP contribution is 2.19. The molecular weight excluding hydrogens is 254 g/mol. The van der Waals surface area contributed by atoms with Gasteiger partial charge in [-0.1, -0.05) is 26.8 Å². The number of benzene rings is 1. The van der Waals surface area contributed by atoms with E-state index in [2.05, 4.69) is 4.72 Å². The third kappa shape index (κ3) is 4.75. The predicted molar refractivity (Wildman–Crippen MR) is 70.3 cm³/mol. The zero-order valence-corrected chi connectivity index (χ0v) is 11.4. The van der Waals surface area contributed by atoms with E-state index in [0.717, 1.165) is 0 Å². The van der Waals surface area contributed by atoms with Gasteiger partial charge in [0.1, 0.15) is 0 Å². The number of carboxylic acids is 1. The molecule has 0 heterocycles. The smallest absolute Gasteiger partial charge is 0.335 e. The van der Waals surface area contributed by atoms with E-state index < -0.39 is 16.0 Å². The average molecular weight is 271 g/mol. The van der Waals surface area contributed by atoms with Crippen molar-refractivity contribution < 1.29 is 18.3 Å². The summed E-state index contributed by atoms with van der Waals surface area (Å²) >= 11 is 0. The Hall–Kier alpha value is -1.56. The molecule has 5 nitrogen and oxygen atoms in total. The number of hydrogen-bond acceptors (Lipinski definition) is 3. The van der Waals surface area contributed by atoms with Crippen LogP contribution in [0.4, 0.5) is 5.69 Å². The maximum atomic E-state index is 11.8. The summed E-state index contributed by atoms with van der Waals surface area (Å²) in [6.45, 7) is 5.46. The second-order valence-corrected chi connectivity index (χ2v) is 7.03. The SMILES string of the molecule is CC(C)(C)CS(=O)(=O)Nc1cccc(C(=O)O)c1. The Kier molecular flexibility index (Phi) is 4.01. The van der Waals surface area contributed by atoms with Crippen molar-refractivity contribution in [3.05, 3.63) is 29.8 Å². The molecule has 0 atom stereocenters. The van der Waals surface area contributed by atoms with Crippen molar-refractivity contribution >= 4 is 21.7 Å². The molecule has 0 saturated heterocycles. The van der Waals surface area contributed by atoms with E-state index in [1.807, 2.05) is 20.8 Å². The minimum absolute atomic E-state index is 0.0305. The lowest BCUT2D eigenvalue weighted by molar-refractivity contribution is 0.0697. The molecule has 1 aromatic carbocycles. The topological polar surface area (TPSA) is 83.5 Å². The maximum absolute atomic E-state index is 11.8. The lowest BCUT2D eigenvalue weighted by atomic mass is 10.0. The molecule has 1 rings (SSSR count). The van der Waals surface area contributed by atoms with Gasteiger partial charge in [-0.05, 0) is 23.6 Å². The van der Waals surface area contributed by atoms with Crippen molar-refractivity contribution in [2.24, 2.45) is 5.41 Å². The molecule has 0 fully saturated rings. The largest absolute Gasteiger partial charge is 0.478 e. The summed E-state index contributed by atoms with van der Waals surface area (Å²) in [6, 6.07) is 5.72. The van der Waals surface area contributed by atoms with Crippen molar-refractivity contribution in [3.63, 3.8) is 0 Å². The zero-order valence-electron chi connectivity index (χ0n) is 10.6. The zero-order chi connectivity index (χ0) is 14.0. The van der Waals surface area contributed by atoms with Gasteiger partial charge in [0.2, 0.25) is 10.0 Å². The van der Waals surface area contributed by atoms with Gasteiger partial charge in [-0.25, -0.2) is 13.2 Å². The number of nitrogens with one attached hydrogen (secondary N) is 1.